The smallest absolute Gasteiger partial charge is 0.0241 e. The lowest BCUT2D eigenvalue weighted by molar-refractivity contribution is 0.146. The van der Waals surface area contributed by atoms with Gasteiger partial charge in [0.25, 0.3) is 0 Å². The van der Waals surface area contributed by atoms with Gasteiger partial charge in [0.05, 0.1) is 0 Å². The molecule has 16 heavy (non-hydrogen) atoms. The van der Waals surface area contributed by atoms with E-state index >= 15 is 0 Å². The molecule has 0 aromatic heterocycles. The van der Waals surface area contributed by atoms with Crippen LogP contribution in [0.25, 0.3) is 0 Å². The molecule has 0 bridgehead atoms. The number of hydrogen-bond donors (Lipinski definition) is 1. The van der Waals surface area contributed by atoms with Gasteiger partial charge in [-0.25, -0.2) is 0 Å². The molecule has 3 nitrogen and oxygen atoms in total. The summed E-state index contributed by atoms with van der Waals surface area (Å²) in [5.41, 5.74) is 0. The third-order valence-corrected chi connectivity index (χ3v) is 3.92. The standard InChI is InChI=1S/C13H29N3/c1-11(2)13(9-14-3)16(5)10-12-7-6-8-15(12)4/h11-14H,6-10H2,1-5H3. The number of hydrogen-bond acceptors (Lipinski definition) is 3. The summed E-state index contributed by atoms with van der Waals surface area (Å²) in [7, 11) is 6.58. The van der Waals surface area contributed by atoms with Gasteiger partial charge in [-0.1, -0.05) is 13.8 Å². The van der Waals surface area contributed by atoms with Crippen molar-refractivity contribution in [3.8, 4) is 0 Å². The molecule has 1 fully saturated rings. The predicted octanol–water partition coefficient (Wildman–Crippen LogP) is 1.26. The first-order chi connectivity index (χ1) is 7.56. The first kappa shape index (κ1) is 13.9. The van der Waals surface area contributed by atoms with E-state index in [1.807, 2.05) is 7.05 Å². The van der Waals surface area contributed by atoms with Crippen molar-refractivity contribution in [3.05, 3.63) is 0 Å². The van der Waals surface area contributed by atoms with Crippen LogP contribution in [0.2, 0.25) is 0 Å². The molecule has 0 aliphatic carbocycles. The minimum absolute atomic E-state index is 0.652. The number of nitrogens with zero attached hydrogens (tertiary/aromatic N) is 2. The zero-order chi connectivity index (χ0) is 12.1. The third kappa shape index (κ3) is 3.72. The normalized spacial score (nSPS) is 24.6. The van der Waals surface area contributed by atoms with Crippen molar-refractivity contribution < 1.29 is 0 Å². The van der Waals surface area contributed by atoms with Crippen molar-refractivity contribution >= 4 is 0 Å². The van der Waals surface area contributed by atoms with Crippen molar-refractivity contribution in [1.82, 2.24) is 15.1 Å². The van der Waals surface area contributed by atoms with Crippen molar-refractivity contribution in [3.63, 3.8) is 0 Å². The van der Waals surface area contributed by atoms with Crippen LogP contribution in [0.15, 0.2) is 0 Å². The van der Waals surface area contributed by atoms with Gasteiger partial charge in [0, 0.05) is 25.2 Å². The Hall–Kier alpha value is -0.120. The minimum Gasteiger partial charge on any atom is -0.318 e. The largest absolute Gasteiger partial charge is 0.318 e. The fraction of sp³-hybridized carbons (Fsp3) is 1.00. The Bertz CT molecular complexity index is 194. The summed E-state index contributed by atoms with van der Waals surface area (Å²) in [4.78, 5) is 5.04. The quantitative estimate of drug-likeness (QED) is 0.737. The molecule has 0 amide bonds. The van der Waals surface area contributed by atoms with Crippen molar-refractivity contribution in [2.75, 3.05) is 40.8 Å². The molecule has 1 heterocycles. The molecule has 96 valence electrons. The van der Waals surface area contributed by atoms with Crippen molar-refractivity contribution in [1.29, 1.82) is 0 Å². The van der Waals surface area contributed by atoms with Gasteiger partial charge in [0.15, 0.2) is 0 Å². The van der Waals surface area contributed by atoms with E-state index in [9.17, 15) is 0 Å². The number of likely N-dealkylation sites (N-methyl/N-ethyl adjacent to an activating group) is 3. The van der Waals surface area contributed by atoms with Crippen LogP contribution in [0.3, 0.4) is 0 Å². The second-order valence-electron chi connectivity index (χ2n) is 5.59. The molecule has 0 aromatic carbocycles. The van der Waals surface area contributed by atoms with Gasteiger partial charge in [-0.05, 0) is 46.4 Å². The highest BCUT2D eigenvalue weighted by Gasteiger charge is 2.25. The molecule has 0 saturated carbocycles. The van der Waals surface area contributed by atoms with Crippen LogP contribution in [0.4, 0.5) is 0 Å². The van der Waals surface area contributed by atoms with E-state index in [1.165, 1.54) is 25.9 Å². The first-order valence-corrected chi connectivity index (χ1v) is 6.61. The Kier molecular flexibility index (Phi) is 5.73. The van der Waals surface area contributed by atoms with Gasteiger partial charge in [-0.2, -0.15) is 0 Å². The van der Waals surface area contributed by atoms with E-state index in [0.29, 0.717) is 12.0 Å². The Labute approximate surface area is 101 Å². The lowest BCUT2D eigenvalue weighted by Crippen LogP contribution is -2.47. The van der Waals surface area contributed by atoms with Gasteiger partial charge in [0.2, 0.25) is 0 Å². The minimum atomic E-state index is 0.652. The molecule has 1 aliphatic heterocycles. The molecule has 2 atom stereocenters. The van der Waals surface area contributed by atoms with E-state index in [4.69, 9.17) is 0 Å². The SMILES string of the molecule is CNCC(C(C)C)N(C)CC1CCCN1C. The highest BCUT2D eigenvalue weighted by molar-refractivity contribution is 4.82. The number of rotatable bonds is 6. The second kappa shape index (κ2) is 6.58. The molecule has 0 aromatic rings. The van der Waals surface area contributed by atoms with Crippen LogP contribution in [-0.4, -0.2) is 62.7 Å². The van der Waals surface area contributed by atoms with Gasteiger partial charge in [-0.15, -0.1) is 0 Å². The molecular formula is C13H29N3. The van der Waals surface area contributed by atoms with Crippen LogP contribution >= 0.6 is 0 Å². The molecule has 1 rings (SSSR count). The molecule has 1 N–H and O–H groups in total. The number of nitrogens with one attached hydrogen (secondary N) is 1. The highest BCUT2D eigenvalue weighted by atomic mass is 15.2. The van der Waals surface area contributed by atoms with Gasteiger partial charge < -0.3 is 15.1 Å². The third-order valence-electron chi connectivity index (χ3n) is 3.92. The predicted molar refractivity (Wildman–Crippen MR) is 70.8 cm³/mol. The molecule has 0 radical (unpaired) electrons. The van der Waals surface area contributed by atoms with Gasteiger partial charge in [-0.3, -0.25) is 0 Å². The summed E-state index contributed by atoms with van der Waals surface area (Å²) in [6.45, 7) is 8.20. The van der Waals surface area contributed by atoms with E-state index < -0.39 is 0 Å². The van der Waals surface area contributed by atoms with E-state index in [-0.39, 0.29) is 0 Å². The maximum atomic E-state index is 3.31. The van der Waals surface area contributed by atoms with Crippen LogP contribution in [-0.2, 0) is 0 Å². The van der Waals surface area contributed by atoms with E-state index in [0.717, 1.165) is 12.6 Å². The molecule has 0 spiro atoms. The molecule has 1 aliphatic rings. The topological polar surface area (TPSA) is 18.5 Å². The first-order valence-electron chi connectivity index (χ1n) is 6.61. The Balaban J connectivity index is 2.44. The van der Waals surface area contributed by atoms with Crippen LogP contribution in [0, 0.1) is 5.92 Å². The molecule has 3 heteroatoms. The average molecular weight is 227 g/mol. The highest BCUT2D eigenvalue weighted by Crippen LogP contribution is 2.17. The van der Waals surface area contributed by atoms with Crippen LogP contribution in [0.5, 0.6) is 0 Å². The molecular weight excluding hydrogens is 198 g/mol. The Morgan fingerprint density at radius 1 is 1.44 bits per heavy atom. The van der Waals surface area contributed by atoms with E-state index in [2.05, 4.69) is 43.1 Å². The second-order valence-corrected chi connectivity index (χ2v) is 5.59. The van der Waals surface area contributed by atoms with Crippen molar-refractivity contribution in [2.45, 2.75) is 38.8 Å². The van der Waals surface area contributed by atoms with Crippen molar-refractivity contribution in [2.24, 2.45) is 5.92 Å². The summed E-state index contributed by atoms with van der Waals surface area (Å²) in [5, 5.41) is 3.31. The molecule has 1 saturated heterocycles. The summed E-state index contributed by atoms with van der Waals surface area (Å²) >= 11 is 0. The fourth-order valence-corrected chi connectivity index (χ4v) is 2.79. The zero-order valence-corrected chi connectivity index (χ0v) is 11.7. The average Bonchev–Trinajstić information content (AvgIpc) is 2.60. The maximum absolute atomic E-state index is 3.31. The molecule has 2 unspecified atom stereocenters. The lowest BCUT2D eigenvalue weighted by atomic mass is 10.0. The van der Waals surface area contributed by atoms with Gasteiger partial charge in [0.1, 0.15) is 0 Å². The number of likely N-dealkylation sites (tertiary alicyclic amines) is 1. The van der Waals surface area contributed by atoms with Gasteiger partial charge >= 0.3 is 0 Å². The monoisotopic (exact) mass is 227 g/mol. The van der Waals surface area contributed by atoms with Crippen LogP contribution < -0.4 is 5.32 Å². The fourth-order valence-electron chi connectivity index (χ4n) is 2.79. The van der Waals surface area contributed by atoms with E-state index in [1.54, 1.807) is 0 Å². The summed E-state index contributed by atoms with van der Waals surface area (Å²) in [6, 6.07) is 1.42. The zero-order valence-electron chi connectivity index (χ0n) is 11.7. The lowest BCUT2D eigenvalue weighted by Gasteiger charge is -2.34. The Morgan fingerprint density at radius 3 is 2.56 bits per heavy atom. The van der Waals surface area contributed by atoms with Crippen LogP contribution in [0.1, 0.15) is 26.7 Å². The summed E-state index contributed by atoms with van der Waals surface area (Å²) < 4.78 is 0. The summed E-state index contributed by atoms with van der Waals surface area (Å²) in [6.07, 6.45) is 2.73. The Morgan fingerprint density at radius 2 is 2.12 bits per heavy atom. The maximum Gasteiger partial charge on any atom is 0.0241 e. The summed E-state index contributed by atoms with van der Waals surface area (Å²) in [5.74, 6) is 0.712.